The number of hydrogen-bond acceptors (Lipinski definition) is 4. The third kappa shape index (κ3) is 2.55. The number of rotatable bonds is 2. The number of ether oxygens (including phenoxy) is 1. The maximum absolute atomic E-state index is 5.97. The normalized spacial score (nSPS) is 25.4. The molecule has 0 aromatic carbocycles. The Morgan fingerprint density at radius 2 is 2.25 bits per heavy atom. The SMILES string of the molecule is CC1CCCC(Oc2ncnc(N)c2Cl)C1. The van der Waals surface area contributed by atoms with Crippen LogP contribution >= 0.6 is 11.6 Å². The summed E-state index contributed by atoms with van der Waals surface area (Å²) in [5.74, 6) is 1.39. The highest BCUT2D eigenvalue weighted by Gasteiger charge is 2.22. The third-order valence-corrected chi connectivity index (χ3v) is 3.31. The number of aromatic nitrogens is 2. The van der Waals surface area contributed by atoms with Crippen molar-refractivity contribution in [3.05, 3.63) is 11.3 Å². The minimum Gasteiger partial charge on any atom is -0.473 e. The Morgan fingerprint density at radius 3 is 3.00 bits per heavy atom. The summed E-state index contributed by atoms with van der Waals surface area (Å²) in [4.78, 5) is 7.82. The predicted molar refractivity (Wildman–Crippen MR) is 63.5 cm³/mol. The summed E-state index contributed by atoms with van der Waals surface area (Å²) in [5.41, 5.74) is 5.59. The molecule has 16 heavy (non-hydrogen) atoms. The van der Waals surface area contributed by atoms with E-state index in [1.54, 1.807) is 0 Å². The van der Waals surface area contributed by atoms with E-state index in [1.807, 2.05) is 0 Å². The van der Waals surface area contributed by atoms with Crippen LogP contribution in [0.1, 0.15) is 32.6 Å². The number of nitrogen functional groups attached to an aromatic ring is 1. The van der Waals surface area contributed by atoms with Gasteiger partial charge in [-0.2, -0.15) is 0 Å². The number of hydrogen-bond donors (Lipinski definition) is 1. The van der Waals surface area contributed by atoms with Crippen LogP contribution < -0.4 is 10.5 Å². The van der Waals surface area contributed by atoms with Gasteiger partial charge in [0, 0.05) is 0 Å². The molecule has 1 heterocycles. The number of anilines is 1. The Bertz CT molecular complexity index is 372. The lowest BCUT2D eigenvalue weighted by Gasteiger charge is -2.27. The summed E-state index contributed by atoms with van der Waals surface area (Å²) in [7, 11) is 0. The highest BCUT2D eigenvalue weighted by atomic mass is 35.5. The van der Waals surface area contributed by atoms with Crippen LogP contribution in [0.25, 0.3) is 0 Å². The lowest BCUT2D eigenvalue weighted by molar-refractivity contribution is 0.124. The molecule has 1 aliphatic rings. The van der Waals surface area contributed by atoms with Crippen LogP contribution in [-0.4, -0.2) is 16.1 Å². The summed E-state index contributed by atoms with van der Waals surface area (Å²) in [6, 6.07) is 0. The Morgan fingerprint density at radius 1 is 1.44 bits per heavy atom. The molecular weight excluding hydrogens is 226 g/mol. The average molecular weight is 242 g/mol. The molecule has 5 heteroatoms. The molecule has 1 aliphatic carbocycles. The molecule has 1 aromatic rings. The molecule has 0 saturated heterocycles. The van der Waals surface area contributed by atoms with Crippen molar-refractivity contribution in [3.8, 4) is 5.88 Å². The standard InChI is InChI=1S/C11H16ClN3O/c1-7-3-2-4-8(5-7)16-11-9(12)10(13)14-6-15-11/h6-8H,2-5H2,1H3,(H2,13,14,15). The second-order valence-corrected chi connectivity index (χ2v) is 4.77. The van der Waals surface area contributed by atoms with E-state index in [0.29, 0.717) is 16.8 Å². The lowest BCUT2D eigenvalue weighted by atomic mass is 9.89. The molecule has 2 atom stereocenters. The minimum absolute atomic E-state index is 0.204. The largest absolute Gasteiger partial charge is 0.473 e. The van der Waals surface area contributed by atoms with Gasteiger partial charge in [0.25, 0.3) is 0 Å². The van der Waals surface area contributed by atoms with E-state index in [4.69, 9.17) is 22.1 Å². The molecule has 0 spiro atoms. The number of nitrogens with two attached hydrogens (primary N) is 1. The van der Waals surface area contributed by atoms with Crippen LogP contribution in [0.15, 0.2) is 6.33 Å². The van der Waals surface area contributed by atoms with Crippen LogP contribution in [-0.2, 0) is 0 Å². The molecule has 0 aliphatic heterocycles. The molecule has 2 unspecified atom stereocenters. The van der Waals surface area contributed by atoms with E-state index in [9.17, 15) is 0 Å². The van der Waals surface area contributed by atoms with Crippen molar-refractivity contribution in [1.29, 1.82) is 0 Å². The molecule has 0 bridgehead atoms. The van der Waals surface area contributed by atoms with Crippen molar-refractivity contribution in [2.75, 3.05) is 5.73 Å². The fourth-order valence-electron chi connectivity index (χ4n) is 2.09. The van der Waals surface area contributed by atoms with Crippen LogP contribution in [0.5, 0.6) is 5.88 Å². The van der Waals surface area contributed by atoms with Gasteiger partial charge < -0.3 is 10.5 Å². The van der Waals surface area contributed by atoms with Crippen LogP contribution in [0, 0.1) is 5.92 Å². The van der Waals surface area contributed by atoms with Crippen molar-refractivity contribution in [2.24, 2.45) is 5.92 Å². The zero-order chi connectivity index (χ0) is 11.5. The summed E-state index contributed by atoms with van der Waals surface area (Å²) in [6.07, 6.45) is 6.17. The van der Waals surface area contributed by atoms with Gasteiger partial charge in [-0.1, -0.05) is 24.9 Å². The fourth-order valence-corrected chi connectivity index (χ4v) is 2.23. The molecule has 4 nitrogen and oxygen atoms in total. The van der Waals surface area contributed by atoms with Gasteiger partial charge in [0.15, 0.2) is 0 Å². The van der Waals surface area contributed by atoms with Gasteiger partial charge in [-0.3, -0.25) is 0 Å². The Kier molecular flexibility index (Phi) is 3.49. The van der Waals surface area contributed by atoms with E-state index in [-0.39, 0.29) is 11.9 Å². The van der Waals surface area contributed by atoms with Crippen molar-refractivity contribution >= 4 is 17.4 Å². The first-order valence-corrected chi connectivity index (χ1v) is 5.97. The molecule has 1 saturated carbocycles. The quantitative estimate of drug-likeness (QED) is 0.865. The van der Waals surface area contributed by atoms with Crippen molar-refractivity contribution in [1.82, 2.24) is 9.97 Å². The van der Waals surface area contributed by atoms with E-state index in [2.05, 4.69) is 16.9 Å². The highest BCUT2D eigenvalue weighted by Crippen LogP contribution is 2.31. The van der Waals surface area contributed by atoms with Gasteiger partial charge in [-0.05, 0) is 25.2 Å². The van der Waals surface area contributed by atoms with Crippen LogP contribution in [0.2, 0.25) is 5.02 Å². The second kappa shape index (κ2) is 4.87. The monoisotopic (exact) mass is 241 g/mol. The van der Waals surface area contributed by atoms with Gasteiger partial charge in [0.2, 0.25) is 5.88 Å². The van der Waals surface area contributed by atoms with Crippen LogP contribution in [0.4, 0.5) is 5.82 Å². The topological polar surface area (TPSA) is 61.0 Å². The van der Waals surface area contributed by atoms with E-state index in [0.717, 1.165) is 12.8 Å². The van der Waals surface area contributed by atoms with Gasteiger partial charge in [-0.25, -0.2) is 9.97 Å². The zero-order valence-corrected chi connectivity index (χ0v) is 10.1. The minimum atomic E-state index is 0.204. The van der Waals surface area contributed by atoms with Gasteiger partial charge in [0.05, 0.1) is 0 Å². The molecule has 2 rings (SSSR count). The number of nitrogens with zero attached hydrogens (tertiary/aromatic N) is 2. The van der Waals surface area contributed by atoms with Crippen molar-refractivity contribution in [3.63, 3.8) is 0 Å². The molecule has 88 valence electrons. The molecule has 1 aromatic heterocycles. The maximum atomic E-state index is 5.97. The van der Waals surface area contributed by atoms with E-state index < -0.39 is 0 Å². The molecule has 0 amide bonds. The predicted octanol–water partition coefficient (Wildman–Crippen LogP) is 2.67. The Balaban J connectivity index is 2.05. The molecule has 1 fully saturated rings. The first-order valence-electron chi connectivity index (χ1n) is 5.59. The third-order valence-electron chi connectivity index (χ3n) is 2.95. The van der Waals surface area contributed by atoms with E-state index >= 15 is 0 Å². The van der Waals surface area contributed by atoms with E-state index in [1.165, 1.54) is 19.2 Å². The number of halogens is 1. The Hall–Kier alpha value is -1.03. The molecule has 2 N–H and O–H groups in total. The lowest BCUT2D eigenvalue weighted by Crippen LogP contribution is -2.24. The second-order valence-electron chi connectivity index (χ2n) is 4.39. The smallest absolute Gasteiger partial charge is 0.238 e. The summed E-state index contributed by atoms with van der Waals surface area (Å²) in [6.45, 7) is 2.24. The molecule has 0 radical (unpaired) electrons. The van der Waals surface area contributed by atoms with Crippen LogP contribution in [0.3, 0.4) is 0 Å². The first-order chi connectivity index (χ1) is 7.66. The van der Waals surface area contributed by atoms with Crippen molar-refractivity contribution in [2.45, 2.75) is 38.7 Å². The van der Waals surface area contributed by atoms with Gasteiger partial charge >= 0.3 is 0 Å². The Labute approximate surface area is 100 Å². The molecular formula is C11H16ClN3O. The zero-order valence-electron chi connectivity index (χ0n) is 9.32. The van der Waals surface area contributed by atoms with Crippen molar-refractivity contribution < 1.29 is 4.74 Å². The average Bonchev–Trinajstić information content (AvgIpc) is 2.25. The fraction of sp³-hybridized carbons (Fsp3) is 0.636. The first kappa shape index (κ1) is 11.5. The maximum Gasteiger partial charge on any atom is 0.238 e. The summed E-state index contributed by atoms with van der Waals surface area (Å²) >= 11 is 5.97. The summed E-state index contributed by atoms with van der Waals surface area (Å²) in [5, 5.41) is 0.320. The highest BCUT2D eigenvalue weighted by molar-refractivity contribution is 6.33. The van der Waals surface area contributed by atoms with Gasteiger partial charge in [-0.15, -0.1) is 0 Å². The van der Waals surface area contributed by atoms with Gasteiger partial charge in [0.1, 0.15) is 23.3 Å². The summed E-state index contributed by atoms with van der Waals surface area (Å²) < 4.78 is 5.77.